The predicted octanol–water partition coefficient (Wildman–Crippen LogP) is 2.39. The van der Waals surface area contributed by atoms with Crippen LogP contribution in [-0.4, -0.2) is 42.5 Å². The summed E-state index contributed by atoms with van der Waals surface area (Å²) in [7, 11) is 4.07. The lowest BCUT2D eigenvalue weighted by Crippen LogP contribution is -2.15. The number of hydrogen-bond acceptors (Lipinski definition) is 4. The molecule has 5 heteroatoms. The monoisotopic (exact) mass is 256 g/mol. The van der Waals surface area contributed by atoms with Gasteiger partial charge >= 0.3 is 0 Å². The minimum atomic E-state index is 0.0733. The maximum Gasteiger partial charge on any atom is 0.175 e. The summed E-state index contributed by atoms with van der Waals surface area (Å²) >= 11 is 5.66. The smallest absolute Gasteiger partial charge is 0.175 e. The van der Waals surface area contributed by atoms with E-state index in [1.165, 1.54) is 0 Å². The number of hydrogen-bond donors (Lipinski definition) is 1. The Morgan fingerprint density at radius 3 is 2.53 bits per heavy atom. The molecule has 4 nitrogen and oxygen atoms in total. The molecule has 0 fully saturated rings. The molecule has 0 aliphatic carbocycles. The van der Waals surface area contributed by atoms with Crippen molar-refractivity contribution in [2.45, 2.75) is 6.42 Å². The zero-order valence-electron chi connectivity index (χ0n) is 10.1. The van der Waals surface area contributed by atoms with Gasteiger partial charge in [-0.2, -0.15) is 0 Å². The van der Waals surface area contributed by atoms with E-state index in [2.05, 4.69) is 10.1 Å². The first-order chi connectivity index (χ1) is 8.13. The summed E-state index contributed by atoms with van der Waals surface area (Å²) in [5.74, 6) is 0.787. The van der Waals surface area contributed by atoms with Crippen molar-refractivity contribution in [3.05, 3.63) is 29.8 Å². The van der Waals surface area contributed by atoms with Gasteiger partial charge in [0.2, 0.25) is 0 Å². The van der Waals surface area contributed by atoms with Gasteiger partial charge in [0.25, 0.3) is 0 Å². The van der Waals surface area contributed by atoms with Crippen LogP contribution in [0.1, 0.15) is 12.0 Å². The van der Waals surface area contributed by atoms with Crippen LogP contribution in [0.4, 0.5) is 0 Å². The molecule has 0 aromatic heterocycles. The van der Waals surface area contributed by atoms with Crippen LogP contribution in [-0.2, 0) is 0 Å². The van der Waals surface area contributed by atoms with Gasteiger partial charge < -0.3 is 14.8 Å². The average molecular weight is 257 g/mol. The van der Waals surface area contributed by atoms with Crippen molar-refractivity contribution in [1.82, 2.24) is 4.90 Å². The molecule has 94 valence electrons. The second-order valence-electron chi connectivity index (χ2n) is 3.92. The fourth-order valence-corrected chi connectivity index (χ4v) is 1.44. The maximum atomic E-state index is 8.50. The average Bonchev–Trinajstić information content (AvgIpc) is 2.34. The van der Waals surface area contributed by atoms with Crippen LogP contribution in [0.2, 0.25) is 0 Å². The van der Waals surface area contributed by atoms with Crippen LogP contribution >= 0.6 is 11.6 Å². The van der Waals surface area contributed by atoms with Gasteiger partial charge in [0.05, 0.1) is 6.61 Å². The SMILES string of the molecule is CN(C)CCCOc1ccc(/C(Cl)=N/O)cc1. The van der Waals surface area contributed by atoms with Crippen LogP contribution in [0.3, 0.4) is 0 Å². The molecule has 0 atom stereocenters. The first-order valence-corrected chi connectivity index (χ1v) is 5.77. The minimum absolute atomic E-state index is 0.0733. The molecule has 0 spiro atoms. The molecule has 0 aliphatic rings. The standard InChI is InChI=1S/C12H17ClN2O2/c1-15(2)8-3-9-17-11-6-4-10(5-7-11)12(13)14-16/h4-7,16H,3,8-9H2,1-2H3/b14-12-. The lowest BCUT2D eigenvalue weighted by Gasteiger charge is -2.10. The second kappa shape index (κ2) is 7.14. The van der Waals surface area contributed by atoms with Crippen LogP contribution in [0.15, 0.2) is 29.4 Å². The third-order valence-electron chi connectivity index (χ3n) is 2.20. The zero-order valence-corrected chi connectivity index (χ0v) is 10.8. The van der Waals surface area contributed by atoms with Crippen molar-refractivity contribution in [1.29, 1.82) is 0 Å². The van der Waals surface area contributed by atoms with E-state index in [0.717, 1.165) is 18.7 Å². The lowest BCUT2D eigenvalue weighted by atomic mass is 10.2. The number of ether oxygens (including phenoxy) is 1. The van der Waals surface area contributed by atoms with Gasteiger partial charge in [0.1, 0.15) is 5.75 Å². The predicted molar refractivity (Wildman–Crippen MR) is 69.3 cm³/mol. The molecule has 0 radical (unpaired) electrons. The zero-order chi connectivity index (χ0) is 12.7. The third kappa shape index (κ3) is 5.06. The van der Waals surface area contributed by atoms with Gasteiger partial charge in [-0.1, -0.05) is 16.8 Å². The van der Waals surface area contributed by atoms with Crippen molar-refractivity contribution < 1.29 is 9.94 Å². The molecule has 0 saturated carbocycles. The van der Waals surface area contributed by atoms with Gasteiger partial charge in [0, 0.05) is 12.1 Å². The van der Waals surface area contributed by atoms with Crippen molar-refractivity contribution >= 4 is 16.8 Å². The van der Waals surface area contributed by atoms with Gasteiger partial charge in [-0.25, -0.2) is 0 Å². The number of halogens is 1. The normalized spacial score (nSPS) is 11.9. The number of oxime groups is 1. The molecular weight excluding hydrogens is 240 g/mol. The molecule has 17 heavy (non-hydrogen) atoms. The van der Waals surface area contributed by atoms with Crippen molar-refractivity contribution in [2.75, 3.05) is 27.2 Å². The molecule has 1 aromatic carbocycles. The van der Waals surface area contributed by atoms with E-state index in [9.17, 15) is 0 Å². The van der Waals surface area contributed by atoms with E-state index in [1.54, 1.807) is 24.3 Å². The van der Waals surface area contributed by atoms with E-state index >= 15 is 0 Å². The van der Waals surface area contributed by atoms with Crippen LogP contribution in [0, 0.1) is 0 Å². The first-order valence-electron chi connectivity index (χ1n) is 5.39. The highest BCUT2D eigenvalue weighted by Crippen LogP contribution is 2.14. The van der Waals surface area contributed by atoms with Crippen LogP contribution < -0.4 is 4.74 Å². The van der Waals surface area contributed by atoms with Crippen LogP contribution in [0.25, 0.3) is 0 Å². The number of benzene rings is 1. The van der Waals surface area contributed by atoms with Gasteiger partial charge in [-0.05, 0) is 44.8 Å². The summed E-state index contributed by atoms with van der Waals surface area (Å²) in [6.07, 6.45) is 0.980. The van der Waals surface area contributed by atoms with E-state index in [1.807, 2.05) is 14.1 Å². The minimum Gasteiger partial charge on any atom is -0.494 e. The largest absolute Gasteiger partial charge is 0.494 e. The summed E-state index contributed by atoms with van der Waals surface area (Å²) < 4.78 is 5.55. The van der Waals surface area contributed by atoms with E-state index in [-0.39, 0.29) is 5.17 Å². The topological polar surface area (TPSA) is 45.1 Å². The Morgan fingerprint density at radius 1 is 1.35 bits per heavy atom. The molecule has 1 N–H and O–H groups in total. The Morgan fingerprint density at radius 2 is 2.00 bits per heavy atom. The summed E-state index contributed by atoms with van der Waals surface area (Å²) in [6, 6.07) is 7.11. The Bertz CT molecular complexity index is 363. The Hall–Kier alpha value is -1.26. The van der Waals surface area contributed by atoms with E-state index in [4.69, 9.17) is 21.5 Å². The Labute approximate surface area is 106 Å². The highest BCUT2D eigenvalue weighted by atomic mass is 35.5. The molecule has 0 aliphatic heterocycles. The van der Waals surface area contributed by atoms with Crippen molar-refractivity contribution in [3.8, 4) is 5.75 Å². The van der Waals surface area contributed by atoms with Gasteiger partial charge in [-0.15, -0.1) is 0 Å². The van der Waals surface area contributed by atoms with Crippen molar-refractivity contribution in [3.63, 3.8) is 0 Å². The lowest BCUT2D eigenvalue weighted by molar-refractivity contribution is 0.281. The molecule has 0 bridgehead atoms. The first kappa shape index (κ1) is 13.8. The van der Waals surface area contributed by atoms with E-state index in [0.29, 0.717) is 12.2 Å². The number of nitrogens with zero attached hydrogens (tertiary/aromatic N) is 2. The quantitative estimate of drug-likeness (QED) is 0.368. The Balaban J connectivity index is 2.41. The summed E-state index contributed by atoms with van der Waals surface area (Å²) in [5.41, 5.74) is 0.662. The Kier molecular flexibility index (Phi) is 5.80. The fourth-order valence-electron chi connectivity index (χ4n) is 1.32. The highest BCUT2D eigenvalue weighted by molar-refractivity contribution is 6.69. The van der Waals surface area contributed by atoms with Gasteiger partial charge in [0.15, 0.2) is 5.17 Å². The molecule has 0 unspecified atom stereocenters. The number of rotatable bonds is 6. The molecule has 0 amide bonds. The molecule has 1 rings (SSSR count). The summed E-state index contributed by atoms with van der Waals surface area (Å²) in [4.78, 5) is 2.12. The van der Waals surface area contributed by atoms with Gasteiger partial charge in [-0.3, -0.25) is 0 Å². The van der Waals surface area contributed by atoms with Crippen LogP contribution in [0.5, 0.6) is 5.75 Å². The maximum absolute atomic E-state index is 8.50. The van der Waals surface area contributed by atoms with E-state index < -0.39 is 0 Å². The fraction of sp³-hybridized carbons (Fsp3) is 0.417. The summed E-state index contributed by atoms with van der Waals surface area (Å²) in [6.45, 7) is 1.68. The second-order valence-corrected chi connectivity index (χ2v) is 4.28. The molecule has 1 aromatic rings. The third-order valence-corrected chi connectivity index (χ3v) is 2.49. The highest BCUT2D eigenvalue weighted by Gasteiger charge is 2.00. The molecule has 0 saturated heterocycles. The summed E-state index contributed by atoms with van der Waals surface area (Å²) in [5, 5.41) is 11.5. The van der Waals surface area contributed by atoms with Crippen molar-refractivity contribution in [2.24, 2.45) is 5.16 Å². The molecule has 0 heterocycles. The molecular formula is C12H17ClN2O2.